The van der Waals surface area contributed by atoms with Gasteiger partial charge in [-0.05, 0) is 6.92 Å². The predicted octanol–water partition coefficient (Wildman–Crippen LogP) is 0.823. The molecule has 0 atom stereocenters. The Bertz CT molecular complexity index is 274. The van der Waals surface area contributed by atoms with E-state index in [4.69, 9.17) is 5.26 Å². The molecular formula is C7H11NO3S. The Morgan fingerprint density at radius 1 is 1.58 bits per heavy atom. The van der Waals surface area contributed by atoms with Crippen molar-refractivity contribution < 1.29 is 12.6 Å². The number of hydrogen-bond acceptors (Lipinski definition) is 4. The van der Waals surface area contributed by atoms with Crippen molar-refractivity contribution in [3.05, 3.63) is 12.2 Å². The van der Waals surface area contributed by atoms with E-state index in [1.807, 2.05) is 0 Å². The fourth-order valence-electron chi connectivity index (χ4n) is 0.476. The zero-order valence-corrected chi connectivity index (χ0v) is 7.67. The van der Waals surface area contributed by atoms with Crippen LogP contribution in [0.4, 0.5) is 0 Å². The molecule has 12 heavy (non-hydrogen) atoms. The number of nitrogens with zero attached hydrogens (tertiary/aromatic N) is 1. The van der Waals surface area contributed by atoms with Gasteiger partial charge in [0.05, 0.1) is 24.8 Å². The highest BCUT2D eigenvalue weighted by Crippen LogP contribution is 1.95. The maximum Gasteiger partial charge on any atom is 0.270 e. The monoisotopic (exact) mass is 189 g/mol. The van der Waals surface area contributed by atoms with Gasteiger partial charge in [-0.15, -0.1) is 0 Å². The lowest BCUT2D eigenvalue weighted by Crippen LogP contribution is -2.09. The average molecular weight is 189 g/mol. The third-order valence-corrected chi connectivity index (χ3v) is 2.14. The largest absolute Gasteiger partial charge is 0.270 e. The average Bonchev–Trinajstić information content (AvgIpc) is 2.01. The Balaban J connectivity index is 3.82. The van der Waals surface area contributed by atoms with Crippen LogP contribution in [0.5, 0.6) is 0 Å². The molecule has 0 N–H and O–H groups in total. The lowest BCUT2D eigenvalue weighted by atomic mass is 10.5. The van der Waals surface area contributed by atoms with Crippen LogP contribution in [-0.2, 0) is 14.3 Å². The predicted molar refractivity (Wildman–Crippen MR) is 44.8 cm³/mol. The Morgan fingerprint density at radius 3 is 2.75 bits per heavy atom. The normalized spacial score (nSPS) is 11.7. The van der Waals surface area contributed by atoms with Gasteiger partial charge >= 0.3 is 0 Å². The van der Waals surface area contributed by atoms with Crippen LogP contribution in [0.25, 0.3) is 0 Å². The molecular weight excluding hydrogens is 178 g/mol. The van der Waals surface area contributed by atoms with Crippen LogP contribution in [0.3, 0.4) is 0 Å². The van der Waals surface area contributed by atoms with Crippen molar-refractivity contribution in [2.75, 3.05) is 12.4 Å². The number of hydrogen-bond donors (Lipinski definition) is 0. The molecule has 0 amide bonds. The van der Waals surface area contributed by atoms with Gasteiger partial charge in [-0.1, -0.05) is 12.2 Å². The van der Waals surface area contributed by atoms with Gasteiger partial charge in [-0.2, -0.15) is 13.7 Å². The van der Waals surface area contributed by atoms with E-state index in [2.05, 4.69) is 4.18 Å². The van der Waals surface area contributed by atoms with Crippen LogP contribution in [0, 0.1) is 11.3 Å². The first-order valence-corrected chi connectivity index (χ1v) is 5.05. The first kappa shape index (κ1) is 11.1. The van der Waals surface area contributed by atoms with Gasteiger partial charge in [-0.3, -0.25) is 4.18 Å². The van der Waals surface area contributed by atoms with Crippen molar-refractivity contribution in [3.63, 3.8) is 0 Å². The van der Waals surface area contributed by atoms with E-state index in [0.717, 1.165) is 0 Å². The zero-order valence-electron chi connectivity index (χ0n) is 6.86. The van der Waals surface area contributed by atoms with E-state index in [9.17, 15) is 8.42 Å². The molecule has 0 spiro atoms. The van der Waals surface area contributed by atoms with Crippen molar-refractivity contribution in [2.24, 2.45) is 0 Å². The highest BCUT2D eigenvalue weighted by molar-refractivity contribution is 7.86. The van der Waals surface area contributed by atoms with E-state index in [1.165, 1.54) is 6.08 Å². The van der Waals surface area contributed by atoms with Crippen molar-refractivity contribution >= 4 is 10.1 Å². The summed E-state index contributed by atoms with van der Waals surface area (Å²) in [5.74, 6) is -0.130. The third-order valence-electron chi connectivity index (χ3n) is 1.01. The first-order chi connectivity index (χ1) is 5.62. The molecule has 4 nitrogen and oxygen atoms in total. The summed E-state index contributed by atoms with van der Waals surface area (Å²) in [5.41, 5.74) is 0. The standard InChI is InChI=1S/C7H11NO3S/c1-2-3-7-12(9,10)11-6-4-5-8/h2-3H,4,6-7H2,1H3/b3-2-. The lowest BCUT2D eigenvalue weighted by Gasteiger charge is -1.98. The minimum absolute atomic E-state index is 0.0591. The van der Waals surface area contributed by atoms with Crippen LogP contribution >= 0.6 is 0 Å². The minimum Gasteiger partial charge on any atom is -0.269 e. The van der Waals surface area contributed by atoms with Crippen molar-refractivity contribution in [3.8, 4) is 6.07 Å². The smallest absolute Gasteiger partial charge is 0.269 e. The summed E-state index contributed by atoms with van der Waals surface area (Å²) in [4.78, 5) is 0. The van der Waals surface area contributed by atoms with Gasteiger partial charge in [-0.25, -0.2) is 0 Å². The number of rotatable bonds is 5. The van der Waals surface area contributed by atoms with Crippen LogP contribution in [-0.4, -0.2) is 20.8 Å². The van der Waals surface area contributed by atoms with Gasteiger partial charge in [0.25, 0.3) is 10.1 Å². The summed E-state index contributed by atoms with van der Waals surface area (Å²) < 4.78 is 26.2. The Kier molecular flexibility index (Phi) is 5.34. The van der Waals surface area contributed by atoms with E-state index < -0.39 is 10.1 Å². The molecule has 0 aliphatic heterocycles. The van der Waals surface area contributed by atoms with E-state index in [1.54, 1.807) is 19.1 Å². The Hall–Kier alpha value is -0.860. The fourth-order valence-corrected chi connectivity index (χ4v) is 1.34. The molecule has 0 aromatic carbocycles. The van der Waals surface area contributed by atoms with Crippen molar-refractivity contribution in [1.29, 1.82) is 5.26 Å². The Labute approximate surface area is 72.6 Å². The molecule has 0 saturated heterocycles. The molecule has 0 radical (unpaired) electrons. The molecule has 5 heteroatoms. The summed E-state index contributed by atoms with van der Waals surface area (Å²) in [7, 11) is -3.45. The van der Waals surface area contributed by atoms with Crippen LogP contribution < -0.4 is 0 Å². The quantitative estimate of drug-likeness (QED) is 0.365. The summed E-state index contributed by atoms with van der Waals surface area (Å²) >= 11 is 0. The first-order valence-electron chi connectivity index (χ1n) is 3.47. The summed E-state index contributed by atoms with van der Waals surface area (Å²) in [6.45, 7) is 1.67. The SMILES string of the molecule is C/C=C\CS(=O)(=O)OCCC#N. The molecule has 0 heterocycles. The van der Waals surface area contributed by atoms with E-state index >= 15 is 0 Å². The second-order valence-corrected chi connectivity index (χ2v) is 3.71. The molecule has 0 aliphatic rings. The highest BCUT2D eigenvalue weighted by Gasteiger charge is 2.06. The molecule has 0 aromatic rings. The molecule has 68 valence electrons. The summed E-state index contributed by atoms with van der Waals surface area (Å²) in [6.07, 6.45) is 3.21. The minimum atomic E-state index is -3.45. The van der Waals surface area contributed by atoms with Gasteiger partial charge in [0.2, 0.25) is 0 Å². The van der Waals surface area contributed by atoms with Crippen LogP contribution in [0.1, 0.15) is 13.3 Å². The fraction of sp³-hybridized carbons (Fsp3) is 0.571. The van der Waals surface area contributed by atoms with E-state index in [0.29, 0.717) is 0 Å². The van der Waals surface area contributed by atoms with Gasteiger partial charge in [0.15, 0.2) is 0 Å². The molecule has 0 aromatic heterocycles. The summed E-state index contributed by atoms with van der Waals surface area (Å²) in [6, 6.07) is 1.79. The van der Waals surface area contributed by atoms with E-state index in [-0.39, 0.29) is 18.8 Å². The summed E-state index contributed by atoms with van der Waals surface area (Å²) in [5, 5.41) is 8.10. The lowest BCUT2D eigenvalue weighted by molar-refractivity contribution is 0.328. The molecule has 0 bridgehead atoms. The topological polar surface area (TPSA) is 67.2 Å². The second kappa shape index (κ2) is 5.75. The van der Waals surface area contributed by atoms with Crippen molar-refractivity contribution in [2.45, 2.75) is 13.3 Å². The maximum absolute atomic E-state index is 10.9. The number of nitriles is 1. The molecule has 0 rings (SSSR count). The molecule has 0 fully saturated rings. The molecule has 0 saturated carbocycles. The van der Waals surface area contributed by atoms with Crippen LogP contribution in [0.2, 0.25) is 0 Å². The molecule has 0 aliphatic carbocycles. The van der Waals surface area contributed by atoms with Crippen LogP contribution in [0.15, 0.2) is 12.2 Å². The maximum atomic E-state index is 10.9. The third kappa shape index (κ3) is 5.89. The van der Waals surface area contributed by atoms with Crippen molar-refractivity contribution in [1.82, 2.24) is 0 Å². The van der Waals surface area contributed by atoms with Gasteiger partial charge in [0.1, 0.15) is 0 Å². The van der Waals surface area contributed by atoms with Gasteiger partial charge in [0, 0.05) is 0 Å². The molecule has 0 unspecified atom stereocenters. The highest BCUT2D eigenvalue weighted by atomic mass is 32.2. The zero-order chi connectivity index (χ0) is 9.45. The number of allylic oxidation sites excluding steroid dienone is 1. The second-order valence-electron chi connectivity index (χ2n) is 2.02. The van der Waals surface area contributed by atoms with Gasteiger partial charge < -0.3 is 0 Å². The Morgan fingerprint density at radius 2 is 2.25 bits per heavy atom.